The fourth-order valence-corrected chi connectivity index (χ4v) is 1.56. The third-order valence-electron chi connectivity index (χ3n) is 2.13. The Bertz CT molecular complexity index is 438. The summed E-state index contributed by atoms with van der Waals surface area (Å²) in [4.78, 5) is 10.2. The van der Waals surface area contributed by atoms with Gasteiger partial charge in [0.2, 0.25) is 0 Å². The zero-order chi connectivity index (χ0) is 12.3. The molecule has 0 spiro atoms. The van der Waals surface area contributed by atoms with Crippen LogP contribution in [-0.2, 0) is 0 Å². The highest BCUT2D eigenvalue weighted by atomic mass is 35.5. The number of hydrogen-bond acceptors (Lipinski definition) is 4. The van der Waals surface area contributed by atoms with Crippen molar-refractivity contribution >= 4 is 29.7 Å². The molecule has 5 nitrogen and oxygen atoms in total. The Morgan fingerprint density at radius 3 is 2.71 bits per heavy atom. The normalized spacial score (nSPS) is 11.4. The lowest BCUT2D eigenvalue weighted by molar-refractivity contribution is -0.385. The molecule has 0 aliphatic carbocycles. The predicted molar refractivity (Wildman–Crippen MR) is 68.8 cm³/mol. The van der Waals surface area contributed by atoms with Crippen LogP contribution in [0.1, 0.15) is 18.0 Å². The molecule has 0 saturated heterocycles. The summed E-state index contributed by atoms with van der Waals surface area (Å²) in [7, 11) is 0. The van der Waals surface area contributed by atoms with E-state index in [9.17, 15) is 15.2 Å². The summed E-state index contributed by atoms with van der Waals surface area (Å²) in [6.45, 7) is 3.49. The van der Waals surface area contributed by atoms with Gasteiger partial charge in [0, 0.05) is 12.1 Å². The SMILES string of the molecule is C=CC[C@H](N)c1c([N+](=O)[O-])ccc(Cl)c1O.Cl. The number of nitro benzene ring substituents is 1. The maximum atomic E-state index is 10.8. The third-order valence-corrected chi connectivity index (χ3v) is 2.44. The Hall–Kier alpha value is -1.30. The van der Waals surface area contributed by atoms with E-state index in [0.717, 1.165) is 0 Å². The second kappa shape index (κ2) is 6.44. The molecule has 0 aliphatic heterocycles. The highest BCUT2D eigenvalue weighted by molar-refractivity contribution is 6.32. The van der Waals surface area contributed by atoms with Gasteiger partial charge in [-0.2, -0.15) is 0 Å². The van der Waals surface area contributed by atoms with E-state index in [-0.39, 0.29) is 34.4 Å². The standard InChI is InChI=1S/C10H11ClN2O3.ClH/c1-2-3-7(12)9-8(13(15)16)5-4-6(11)10(9)14;/h2,4-5,7,14H,1,3,12H2;1H/t7-;/m0./s1. The van der Waals surface area contributed by atoms with Crippen LogP contribution in [0.15, 0.2) is 24.8 Å². The molecule has 3 N–H and O–H groups in total. The average molecular weight is 279 g/mol. The lowest BCUT2D eigenvalue weighted by Gasteiger charge is -2.12. The molecule has 17 heavy (non-hydrogen) atoms. The summed E-state index contributed by atoms with van der Waals surface area (Å²) in [6.07, 6.45) is 1.84. The van der Waals surface area contributed by atoms with Crippen LogP contribution in [0.25, 0.3) is 0 Å². The Morgan fingerprint density at radius 2 is 2.24 bits per heavy atom. The molecule has 0 fully saturated rings. The first-order chi connectivity index (χ1) is 7.49. The lowest BCUT2D eigenvalue weighted by Crippen LogP contribution is -2.11. The molecule has 1 aromatic rings. The number of phenols is 1. The largest absolute Gasteiger partial charge is 0.506 e. The van der Waals surface area contributed by atoms with Crippen molar-refractivity contribution in [1.29, 1.82) is 0 Å². The topological polar surface area (TPSA) is 89.4 Å². The van der Waals surface area contributed by atoms with E-state index >= 15 is 0 Å². The predicted octanol–water partition coefficient (Wildman–Crippen LogP) is 2.95. The summed E-state index contributed by atoms with van der Waals surface area (Å²) in [5.74, 6) is -0.342. The van der Waals surface area contributed by atoms with Gasteiger partial charge in [-0.1, -0.05) is 17.7 Å². The number of aromatic hydroxyl groups is 1. The van der Waals surface area contributed by atoms with Gasteiger partial charge in [0.05, 0.1) is 15.5 Å². The van der Waals surface area contributed by atoms with Crippen LogP contribution in [0.2, 0.25) is 5.02 Å². The van der Waals surface area contributed by atoms with Crippen LogP contribution in [0.3, 0.4) is 0 Å². The maximum Gasteiger partial charge on any atom is 0.278 e. The Morgan fingerprint density at radius 1 is 1.65 bits per heavy atom. The Kier molecular flexibility index (Phi) is 5.95. The number of benzene rings is 1. The van der Waals surface area contributed by atoms with Crippen LogP contribution in [0.5, 0.6) is 5.75 Å². The van der Waals surface area contributed by atoms with Crippen LogP contribution in [0.4, 0.5) is 5.69 Å². The van der Waals surface area contributed by atoms with Gasteiger partial charge in [0.1, 0.15) is 5.75 Å². The molecule has 0 saturated carbocycles. The van der Waals surface area contributed by atoms with Crippen molar-refractivity contribution in [3.8, 4) is 5.75 Å². The Balaban J connectivity index is 0.00000256. The zero-order valence-corrected chi connectivity index (χ0v) is 10.4. The molecular weight excluding hydrogens is 267 g/mol. The van der Waals surface area contributed by atoms with Crippen molar-refractivity contribution in [3.63, 3.8) is 0 Å². The van der Waals surface area contributed by atoms with Gasteiger partial charge < -0.3 is 10.8 Å². The molecule has 94 valence electrons. The quantitative estimate of drug-likeness (QED) is 0.503. The molecule has 0 aromatic heterocycles. The van der Waals surface area contributed by atoms with E-state index in [1.54, 1.807) is 0 Å². The van der Waals surface area contributed by atoms with Gasteiger partial charge in [-0.15, -0.1) is 19.0 Å². The average Bonchev–Trinajstić information content (AvgIpc) is 2.21. The van der Waals surface area contributed by atoms with Gasteiger partial charge in [-0.25, -0.2) is 0 Å². The number of rotatable bonds is 4. The van der Waals surface area contributed by atoms with Gasteiger partial charge in [0.25, 0.3) is 5.69 Å². The minimum atomic E-state index is -0.698. The molecule has 0 amide bonds. The number of nitrogens with two attached hydrogens (primary N) is 1. The Labute approximate surface area is 109 Å². The lowest BCUT2D eigenvalue weighted by atomic mass is 10.0. The number of phenolic OH excluding ortho intramolecular Hbond substituents is 1. The van der Waals surface area contributed by atoms with Gasteiger partial charge in [-0.05, 0) is 12.5 Å². The van der Waals surface area contributed by atoms with E-state index in [4.69, 9.17) is 17.3 Å². The van der Waals surface area contributed by atoms with E-state index < -0.39 is 11.0 Å². The van der Waals surface area contributed by atoms with Crippen molar-refractivity contribution in [2.75, 3.05) is 0 Å². The third kappa shape index (κ3) is 3.33. The zero-order valence-electron chi connectivity index (χ0n) is 8.80. The van der Waals surface area contributed by atoms with Crippen molar-refractivity contribution in [2.45, 2.75) is 12.5 Å². The molecule has 1 rings (SSSR count). The summed E-state index contributed by atoms with van der Waals surface area (Å²) in [5, 5.41) is 20.5. The van der Waals surface area contributed by atoms with Crippen molar-refractivity contribution < 1.29 is 10.0 Å². The first-order valence-electron chi connectivity index (χ1n) is 4.51. The van der Waals surface area contributed by atoms with Crippen LogP contribution >= 0.6 is 24.0 Å². The minimum absolute atomic E-state index is 0. The highest BCUT2D eigenvalue weighted by Gasteiger charge is 2.24. The second-order valence-corrected chi connectivity index (χ2v) is 3.62. The molecule has 1 atom stereocenters. The molecule has 0 heterocycles. The summed E-state index contributed by atoms with van der Waals surface area (Å²) in [6, 6.07) is 1.79. The van der Waals surface area contributed by atoms with Gasteiger partial charge in [0.15, 0.2) is 0 Å². The molecule has 0 bridgehead atoms. The minimum Gasteiger partial charge on any atom is -0.506 e. The number of halogens is 2. The molecule has 0 radical (unpaired) electrons. The molecule has 0 aliphatic rings. The molecule has 0 unspecified atom stereocenters. The fourth-order valence-electron chi connectivity index (χ4n) is 1.39. The first kappa shape index (κ1) is 15.7. The second-order valence-electron chi connectivity index (χ2n) is 3.22. The summed E-state index contributed by atoms with van der Waals surface area (Å²) in [5.41, 5.74) is 5.52. The maximum absolute atomic E-state index is 10.8. The fraction of sp³-hybridized carbons (Fsp3) is 0.200. The summed E-state index contributed by atoms with van der Waals surface area (Å²) < 4.78 is 0. The molecule has 7 heteroatoms. The van der Waals surface area contributed by atoms with Crippen LogP contribution in [-0.4, -0.2) is 10.0 Å². The van der Waals surface area contributed by atoms with Crippen molar-refractivity contribution in [2.24, 2.45) is 5.73 Å². The number of nitro groups is 1. The van der Waals surface area contributed by atoms with E-state index in [1.807, 2.05) is 0 Å². The van der Waals surface area contributed by atoms with Gasteiger partial charge >= 0.3 is 0 Å². The molecular formula is C10H12Cl2N2O3. The van der Waals surface area contributed by atoms with Crippen LogP contribution in [0, 0.1) is 10.1 Å². The monoisotopic (exact) mass is 278 g/mol. The van der Waals surface area contributed by atoms with Crippen molar-refractivity contribution in [1.82, 2.24) is 0 Å². The molecule has 1 aromatic carbocycles. The van der Waals surface area contributed by atoms with Gasteiger partial charge in [-0.3, -0.25) is 10.1 Å². The highest BCUT2D eigenvalue weighted by Crippen LogP contribution is 2.38. The van der Waals surface area contributed by atoms with E-state index in [0.29, 0.717) is 6.42 Å². The van der Waals surface area contributed by atoms with E-state index in [1.165, 1.54) is 18.2 Å². The summed E-state index contributed by atoms with van der Waals surface area (Å²) >= 11 is 5.68. The smallest absolute Gasteiger partial charge is 0.278 e. The number of hydrogen-bond donors (Lipinski definition) is 2. The first-order valence-corrected chi connectivity index (χ1v) is 4.89. The van der Waals surface area contributed by atoms with Crippen LogP contribution < -0.4 is 5.73 Å². The number of nitrogens with zero attached hydrogens (tertiary/aromatic N) is 1. The van der Waals surface area contributed by atoms with E-state index in [2.05, 4.69) is 6.58 Å². The van der Waals surface area contributed by atoms with Crippen molar-refractivity contribution in [3.05, 3.63) is 45.5 Å².